The van der Waals surface area contributed by atoms with Gasteiger partial charge in [0, 0.05) is 6.04 Å². The van der Waals surface area contributed by atoms with Crippen molar-refractivity contribution >= 4 is 34.6 Å². The van der Waals surface area contributed by atoms with E-state index in [0.717, 1.165) is 23.0 Å². The Morgan fingerprint density at radius 2 is 1.71 bits per heavy atom. The molecule has 0 unspecified atom stereocenters. The second kappa shape index (κ2) is 9.78. The van der Waals surface area contributed by atoms with Crippen molar-refractivity contribution in [2.75, 3.05) is 5.75 Å². The summed E-state index contributed by atoms with van der Waals surface area (Å²) in [6, 6.07) is 14.2. The van der Waals surface area contributed by atoms with Crippen molar-refractivity contribution in [1.29, 1.82) is 0 Å². The van der Waals surface area contributed by atoms with Crippen LogP contribution in [0.1, 0.15) is 39.2 Å². The summed E-state index contributed by atoms with van der Waals surface area (Å²) in [7, 11) is 0. The molecule has 1 aromatic heterocycles. The first-order chi connectivity index (χ1) is 14.8. The van der Waals surface area contributed by atoms with Crippen LogP contribution in [-0.2, 0) is 4.79 Å². The predicted molar refractivity (Wildman–Crippen MR) is 124 cm³/mol. The van der Waals surface area contributed by atoms with Crippen LogP contribution in [0.25, 0.3) is 16.6 Å². The van der Waals surface area contributed by atoms with Crippen LogP contribution in [0.15, 0.2) is 58.5 Å². The van der Waals surface area contributed by atoms with Crippen LogP contribution in [0.3, 0.4) is 0 Å². The molecule has 0 fully saturated rings. The summed E-state index contributed by atoms with van der Waals surface area (Å²) in [4.78, 5) is 42.1. The maximum Gasteiger partial charge on any atom is 0.321 e. The van der Waals surface area contributed by atoms with Crippen molar-refractivity contribution in [2.45, 2.75) is 44.8 Å². The van der Waals surface area contributed by atoms with Crippen LogP contribution in [0.5, 0.6) is 0 Å². The van der Waals surface area contributed by atoms with Gasteiger partial charge in [0.05, 0.1) is 22.3 Å². The summed E-state index contributed by atoms with van der Waals surface area (Å²) in [5.74, 6) is -0.329. The average molecular weight is 439 g/mol. The molecule has 0 aliphatic rings. The van der Waals surface area contributed by atoms with Crippen molar-refractivity contribution in [2.24, 2.45) is 0 Å². The van der Waals surface area contributed by atoms with Crippen LogP contribution >= 0.6 is 11.8 Å². The van der Waals surface area contributed by atoms with Gasteiger partial charge in [-0.3, -0.25) is 19.5 Å². The first kappa shape index (κ1) is 22.6. The number of nitrogens with zero attached hydrogens (tertiary/aromatic N) is 2. The van der Waals surface area contributed by atoms with E-state index in [2.05, 4.69) is 29.5 Å². The fourth-order valence-corrected chi connectivity index (χ4v) is 4.00. The predicted octanol–water partition coefficient (Wildman–Crippen LogP) is 3.84. The van der Waals surface area contributed by atoms with Crippen molar-refractivity contribution in [3.05, 3.63) is 64.4 Å². The zero-order valence-electron chi connectivity index (χ0n) is 18.0. The molecule has 3 aromatic rings. The number of nitrogens with one attached hydrogen (secondary N) is 2. The summed E-state index contributed by atoms with van der Waals surface area (Å²) in [6.07, 6.45) is 0. The Hall–Kier alpha value is -3.13. The second-order valence-electron chi connectivity index (χ2n) is 7.73. The maximum atomic E-state index is 13.4. The molecule has 31 heavy (non-hydrogen) atoms. The molecule has 3 rings (SSSR count). The summed E-state index contributed by atoms with van der Waals surface area (Å²) in [5, 5.41) is 5.81. The van der Waals surface area contributed by atoms with Gasteiger partial charge in [-0.1, -0.05) is 55.9 Å². The number of imide groups is 1. The molecule has 0 spiro atoms. The molecule has 3 amide bonds. The second-order valence-corrected chi connectivity index (χ2v) is 8.67. The van der Waals surface area contributed by atoms with Crippen LogP contribution in [0.2, 0.25) is 0 Å². The van der Waals surface area contributed by atoms with E-state index in [1.807, 2.05) is 44.2 Å². The maximum absolute atomic E-state index is 13.4. The standard InChI is InChI=1S/C23H26N4O3S/c1-14(2)16-9-6-8-12-19(16)27-21(29)17-10-5-7-11-18(17)25-23(27)31-13-20(28)26-22(30)24-15(3)4/h5-12,14-15H,13H2,1-4H3,(H2,24,26,28,30). The number of hydrogen-bond acceptors (Lipinski definition) is 5. The molecule has 8 heteroatoms. The van der Waals surface area contributed by atoms with Crippen LogP contribution in [-0.4, -0.2) is 33.3 Å². The Balaban J connectivity index is 2.01. The minimum atomic E-state index is -0.547. The normalized spacial score (nSPS) is 11.2. The van der Waals surface area contributed by atoms with E-state index in [9.17, 15) is 14.4 Å². The average Bonchev–Trinajstić information content (AvgIpc) is 2.71. The van der Waals surface area contributed by atoms with E-state index in [0.29, 0.717) is 16.1 Å². The van der Waals surface area contributed by atoms with Gasteiger partial charge in [-0.2, -0.15) is 0 Å². The van der Waals surface area contributed by atoms with Gasteiger partial charge in [0.25, 0.3) is 5.56 Å². The molecule has 0 saturated heterocycles. The number of para-hydroxylation sites is 2. The lowest BCUT2D eigenvalue weighted by Crippen LogP contribution is -2.43. The smallest absolute Gasteiger partial charge is 0.321 e. The summed E-state index contributed by atoms with van der Waals surface area (Å²) < 4.78 is 1.56. The number of hydrogen-bond donors (Lipinski definition) is 2. The van der Waals surface area contributed by atoms with Crippen molar-refractivity contribution in [3.63, 3.8) is 0 Å². The number of fused-ring (bicyclic) bond motifs is 1. The largest absolute Gasteiger partial charge is 0.336 e. The van der Waals surface area contributed by atoms with E-state index >= 15 is 0 Å². The Morgan fingerprint density at radius 1 is 1.03 bits per heavy atom. The lowest BCUT2D eigenvalue weighted by molar-refractivity contribution is -0.117. The van der Waals surface area contributed by atoms with E-state index in [-0.39, 0.29) is 23.3 Å². The number of benzene rings is 2. The highest BCUT2D eigenvalue weighted by atomic mass is 32.2. The third-order valence-corrected chi connectivity index (χ3v) is 5.49. The van der Waals surface area contributed by atoms with Gasteiger partial charge in [0.2, 0.25) is 5.91 Å². The summed E-state index contributed by atoms with van der Waals surface area (Å²) in [6.45, 7) is 7.74. The molecule has 1 heterocycles. The fraction of sp³-hybridized carbons (Fsp3) is 0.304. The number of amides is 3. The molecule has 162 valence electrons. The van der Waals surface area contributed by atoms with Crippen LogP contribution < -0.4 is 16.2 Å². The van der Waals surface area contributed by atoms with Gasteiger partial charge in [0.15, 0.2) is 5.16 Å². The SMILES string of the molecule is CC(C)NC(=O)NC(=O)CSc1nc2ccccc2c(=O)n1-c1ccccc1C(C)C. The molecule has 0 aliphatic heterocycles. The topological polar surface area (TPSA) is 93.1 Å². The molecule has 0 bridgehead atoms. The van der Waals surface area contributed by atoms with Crippen LogP contribution in [0.4, 0.5) is 4.79 Å². The first-order valence-corrected chi connectivity index (χ1v) is 11.1. The monoisotopic (exact) mass is 438 g/mol. The van der Waals surface area contributed by atoms with Gasteiger partial charge in [-0.15, -0.1) is 0 Å². The fourth-order valence-electron chi connectivity index (χ4n) is 3.19. The minimum absolute atomic E-state index is 0.0554. The summed E-state index contributed by atoms with van der Waals surface area (Å²) in [5.41, 5.74) is 2.11. The molecule has 0 atom stereocenters. The number of urea groups is 1. The minimum Gasteiger partial charge on any atom is -0.336 e. The van der Waals surface area contributed by atoms with Gasteiger partial charge < -0.3 is 5.32 Å². The molecule has 2 aromatic carbocycles. The zero-order chi connectivity index (χ0) is 22.5. The number of carbonyl (C=O) groups excluding carboxylic acids is 2. The molecular weight excluding hydrogens is 412 g/mol. The first-order valence-electron chi connectivity index (χ1n) is 10.1. The van der Waals surface area contributed by atoms with Crippen molar-refractivity contribution in [1.82, 2.24) is 20.2 Å². The molecule has 0 radical (unpaired) electrons. The number of aromatic nitrogens is 2. The Morgan fingerprint density at radius 3 is 2.42 bits per heavy atom. The van der Waals surface area contributed by atoms with E-state index in [1.165, 1.54) is 0 Å². The lowest BCUT2D eigenvalue weighted by Gasteiger charge is -2.18. The van der Waals surface area contributed by atoms with Gasteiger partial charge in [-0.25, -0.2) is 9.78 Å². The Labute approximate surface area is 185 Å². The van der Waals surface area contributed by atoms with Crippen molar-refractivity contribution in [3.8, 4) is 5.69 Å². The van der Waals surface area contributed by atoms with Crippen LogP contribution in [0, 0.1) is 0 Å². The summed E-state index contributed by atoms with van der Waals surface area (Å²) >= 11 is 1.12. The van der Waals surface area contributed by atoms with E-state index < -0.39 is 11.9 Å². The third kappa shape index (κ3) is 5.32. The highest BCUT2D eigenvalue weighted by Gasteiger charge is 2.18. The number of rotatable bonds is 6. The van der Waals surface area contributed by atoms with Crippen molar-refractivity contribution < 1.29 is 9.59 Å². The lowest BCUT2D eigenvalue weighted by atomic mass is 10.0. The molecular formula is C23H26N4O3S. The van der Waals surface area contributed by atoms with Gasteiger partial charge in [-0.05, 0) is 43.5 Å². The Bertz CT molecular complexity index is 1170. The van der Waals surface area contributed by atoms with Gasteiger partial charge >= 0.3 is 6.03 Å². The quantitative estimate of drug-likeness (QED) is 0.451. The molecule has 2 N–H and O–H groups in total. The van der Waals surface area contributed by atoms with E-state index in [4.69, 9.17) is 0 Å². The van der Waals surface area contributed by atoms with E-state index in [1.54, 1.807) is 22.8 Å². The zero-order valence-corrected chi connectivity index (χ0v) is 18.8. The molecule has 0 aliphatic carbocycles. The third-order valence-electron chi connectivity index (χ3n) is 4.55. The van der Waals surface area contributed by atoms with Gasteiger partial charge in [0.1, 0.15) is 0 Å². The number of carbonyl (C=O) groups is 2. The molecule has 0 saturated carbocycles. The Kier molecular flexibility index (Phi) is 7.12. The molecule has 7 nitrogen and oxygen atoms in total. The highest BCUT2D eigenvalue weighted by molar-refractivity contribution is 7.99. The number of thioether (sulfide) groups is 1. The highest BCUT2D eigenvalue weighted by Crippen LogP contribution is 2.27.